The molecule has 2 heterocycles. The van der Waals surface area contributed by atoms with Crippen LogP contribution in [-0.4, -0.2) is 42.1 Å². The van der Waals surface area contributed by atoms with Gasteiger partial charge in [-0.1, -0.05) is 6.92 Å². The summed E-state index contributed by atoms with van der Waals surface area (Å²) in [5.41, 5.74) is 2.40. The summed E-state index contributed by atoms with van der Waals surface area (Å²) in [4.78, 5) is 2.44. The summed E-state index contributed by atoms with van der Waals surface area (Å²) in [5, 5.41) is 8.14. The molecule has 1 aliphatic heterocycles. The molecule has 0 aliphatic carbocycles. The number of aromatic nitrogens is 2. The Kier molecular flexibility index (Phi) is 5.27. The van der Waals surface area contributed by atoms with Crippen LogP contribution in [0.5, 0.6) is 0 Å². The molecule has 0 spiro atoms. The maximum absolute atomic E-state index is 5.73. The molecule has 0 amide bonds. The Bertz CT molecular complexity index is 471. The average molecular weight is 294 g/mol. The number of ether oxygens (including phenoxy) is 1. The normalized spacial score (nSPS) is 22.8. The molecule has 1 atom stereocenters. The van der Waals surface area contributed by atoms with Gasteiger partial charge in [-0.15, -0.1) is 0 Å². The number of nitrogens with one attached hydrogen (secondary N) is 1. The smallest absolute Gasteiger partial charge is 0.131 e. The summed E-state index contributed by atoms with van der Waals surface area (Å²) in [6, 6.07) is 0. The van der Waals surface area contributed by atoms with Crippen molar-refractivity contribution in [3.8, 4) is 0 Å². The molecule has 0 radical (unpaired) electrons. The van der Waals surface area contributed by atoms with E-state index in [1.54, 1.807) is 0 Å². The predicted octanol–water partition coefficient (Wildman–Crippen LogP) is 2.23. The van der Waals surface area contributed by atoms with Crippen molar-refractivity contribution < 1.29 is 4.74 Å². The molecular formula is C16H30N4O. The van der Waals surface area contributed by atoms with Crippen LogP contribution in [0.3, 0.4) is 0 Å². The van der Waals surface area contributed by atoms with E-state index in [1.807, 2.05) is 18.8 Å². The third-order valence-corrected chi connectivity index (χ3v) is 4.49. The van der Waals surface area contributed by atoms with Gasteiger partial charge in [-0.05, 0) is 39.7 Å². The number of nitrogens with zero attached hydrogens (tertiary/aromatic N) is 3. The van der Waals surface area contributed by atoms with Gasteiger partial charge in [0.05, 0.1) is 11.3 Å². The molecule has 5 heteroatoms. The molecule has 2 rings (SSSR count). The lowest BCUT2D eigenvalue weighted by molar-refractivity contribution is -0.00497. The zero-order chi connectivity index (χ0) is 15.5. The van der Waals surface area contributed by atoms with E-state index >= 15 is 0 Å². The molecule has 5 nitrogen and oxygen atoms in total. The maximum Gasteiger partial charge on any atom is 0.131 e. The van der Waals surface area contributed by atoms with E-state index in [2.05, 4.69) is 36.1 Å². The zero-order valence-corrected chi connectivity index (χ0v) is 14.2. The lowest BCUT2D eigenvalue weighted by Gasteiger charge is -2.40. The molecule has 1 aromatic heterocycles. The lowest BCUT2D eigenvalue weighted by Crippen LogP contribution is -2.48. The zero-order valence-electron chi connectivity index (χ0n) is 14.2. The monoisotopic (exact) mass is 294 g/mol. The molecule has 1 unspecified atom stereocenters. The number of anilines is 1. The van der Waals surface area contributed by atoms with Crippen molar-refractivity contribution >= 4 is 5.82 Å². The first-order chi connectivity index (χ1) is 10.0. The molecule has 1 N–H and O–H groups in total. The quantitative estimate of drug-likeness (QED) is 0.817. The molecule has 1 saturated heterocycles. The molecule has 0 bridgehead atoms. The Labute approximate surface area is 128 Å². The van der Waals surface area contributed by atoms with Crippen molar-refractivity contribution in [2.75, 3.05) is 31.6 Å². The minimum atomic E-state index is -0.0510. The molecule has 120 valence electrons. The number of piperidine rings is 1. The molecule has 0 aromatic carbocycles. The number of rotatable bonds is 6. The van der Waals surface area contributed by atoms with Crippen LogP contribution in [0, 0.1) is 6.92 Å². The topological polar surface area (TPSA) is 42.3 Å². The highest BCUT2D eigenvalue weighted by Gasteiger charge is 2.33. The van der Waals surface area contributed by atoms with Gasteiger partial charge in [0.1, 0.15) is 5.82 Å². The van der Waals surface area contributed by atoms with E-state index in [1.165, 1.54) is 11.4 Å². The number of methoxy groups -OCH3 is 1. The van der Waals surface area contributed by atoms with Gasteiger partial charge in [0.25, 0.3) is 0 Å². The van der Waals surface area contributed by atoms with Crippen molar-refractivity contribution in [3.63, 3.8) is 0 Å². The van der Waals surface area contributed by atoms with E-state index in [9.17, 15) is 0 Å². The van der Waals surface area contributed by atoms with Gasteiger partial charge in [0, 0.05) is 39.4 Å². The Hall–Kier alpha value is -1.07. The van der Waals surface area contributed by atoms with Crippen molar-refractivity contribution in [1.82, 2.24) is 15.1 Å². The standard InChI is InChI=1S/C16H30N4O/c1-6-9-17-11-14-13(2)18-19(4)15(14)20-10-7-8-16(3,12-20)21-5/h17H,6-12H2,1-5H3. The van der Waals surface area contributed by atoms with Crippen molar-refractivity contribution in [1.29, 1.82) is 0 Å². The summed E-state index contributed by atoms with van der Waals surface area (Å²) >= 11 is 0. The highest BCUT2D eigenvalue weighted by molar-refractivity contribution is 5.51. The largest absolute Gasteiger partial charge is 0.377 e. The maximum atomic E-state index is 5.73. The second-order valence-corrected chi connectivity index (χ2v) is 6.37. The van der Waals surface area contributed by atoms with E-state index in [0.29, 0.717) is 0 Å². The number of hydrogen-bond acceptors (Lipinski definition) is 4. The third-order valence-electron chi connectivity index (χ3n) is 4.49. The highest BCUT2D eigenvalue weighted by atomic mass is 16.5. The first-order valence-corrected chi connectivity index (χ1v) is 8.04. The summed E-state index contributed by atoms with van der Waals surface area (Å²) in [6.45, 7) is 10.5. The Morgan fingerprint density at radius 2 is 2.19 bits per heavy atom. The molecule has 1 aromatic rings. The van der Waals surface area contributed by atoms with Gasteiger partial charge in [-0.2, -0.15) is 5.10 Å². The SMILES string of the molecule is CCCNCc1c(C)nn(C)c1N1CCCC(C)(OC)C1. The second kappa shape index (κ2) is 6.79. The first kappa shape index (κ1) is 16.3. The van der Waals surface area contributed by atoms with Gasteiger partial charge in [-0.3, -0.25) is 4.68 Å². The molecular weight excluding hydrogens is 264 g/mol. The number of hydrogen-bond donors (Lipinski definition) is 1. The van der Waals surface area contributed by atoms with Crippen LogP contribution in [-0.2, 0) is 18.3 Å². The summed E-state index contributed by atoms with van der Waals surface area (Å²) < 4.78 is 7.76. The van der Waals surface area contributed by atoms with Gasteiger partial charge in [0.15, 0.2) is 0 Å². The fraction of sp³-hybridized carbons (Fsp3) is 0.812. The fourth-order valence-electron chi connectivity index (χ4n) is 3.24. The Morgan fingerprint density at radius 1 is 1.43 bits per heavy atom. The van der Waals surface area contributed by atoms with Gasteiger partial charge >= 0.3 is 0 Å². The van der Waals surface area contributed by atoms with Crippen LogP contribution in [0.25, 0.3) is 0 Å². The third kappa shape index (κ3) is 3.58. The molecule has 21 heavy (non-hydrogen) atoms. The van der Waals surface area contributed by atoms with Crippen LogP contribution in [0.2, 0.25) is 0 Å². The number of aryl methyl sites for hydroxylation is 2. The lowest BCUT2D eigenvalue weighted by atomic mass is 9.94. The van der Waals surface area contributed by atoms with Crippen molar-refractivity contribution in [2.24, 2.45) is 7.05 Å². The summed E-state index contributed by atoms with van der Waals surface area (Å²) in [5.74, 6) is 1.25. The predicted molar refractivity (Wildman–Crippen MR) is 86.8 cm³/mol. The van der Waals surface area contributed by atoms with E-state index < -0.39 is 0 Å². The van der Waals surface area contributed by atoms with Crippen LogP contribution in [0.4, 0.5) is 5.82 Å². The average Bonchev–Trinajstić information content (AvgIpc) is 2.74. The van der Waals surface area contributed by atoms with Crippen molar-refractivity contribution in [3.05, 3.63) is 11.3 Å². The second-order valence-electron chi connectivity index (χ2n) is 6.37. The fourth-order valence-corrected chi connectivity index (χ4v) is 3.24. The van der Waals surface area contributed by atoms with Crippen molar-refractivity contribution in [2.45, 2.75) is 52.2 Å². The highest BCUT2D eigenvalue weighted by Crippen LogP contribution is 2.31. The molecule has 1 fully saturated rings. The summed E-state index contributed by atoms with van der Waals surface area (Å²) in [7, 11) is 3.87. The minimum Gasteiger partial charge on any atom is -0.377 e. The van der Waals surface area contributed by atoms with E-state index in [4.69, 9.17) is 4.74 Å². The minimum absolute atomic E-state index is 0.0510. The Balaban J connectivity index is 2.21. The Morgan fingerprint density at radius 3 is 2.86 bits per heavy atom. The summed E-state index contributed by atoms with van der Waals surface area (Å²) in [6.07, 6.45) is 3.44. The first-order valence-electron chi connectivity index (χ1n) is 8.04. The van der Waals surface area contributed by atoms with E-state index in [-0.39, 0.29) is 5.60 Å². The van der Waals surface area contributed by atoms with Gasteiger partial charge in [0.2, 0.25) is 0 Å². The van der Waals surface area contributed by atoms with E-state index in [0.717, 1.165) is 51.1 Å². The van der Waals surface area contributed by atoms with Gasteiger partial charge in [-0.25, -0.2) is 0 Å². The van der Waals surface area contributed by atoms with Gasteiger partial charge < -0.3 is 15.0 Å². The van der Waals surface area contributed by atoms with Crippen LogP contribution >= 0.6 is 0 Å². The van der Waals surface area contributed by atoms with Crippen LogP contribution < -0.4 is 10.2 Å². The molecule has 0 saturated carbocycles. The van der Waals surface area contributed by atoms with Crippen LogP contribution in [0.15, 0.2) is 0 Å². The van der Waals surface area contributed by atoms with Crippen LogP contribution in [0.1, 0.15) is 44.4 Å². The molecule has 1 aliphatic rings.